The maximum Gasteiger partial charge on any atom is 0.224 e. The number of rotatable bonds is 9. The molecule has 26 heavy (non-hydrogen) atoms. The molecule has 0 saturated carbocycles. The van der Waals surface area contributed by atoms with Crippen LogP contribution in [0.2, 0.25) is 0 Å². The molecule has 5 nitrogen and oxygen atoms in total. The van der Waals surface area contributed by atoms with E-state index >= 15 is 0 Å². The van der Waals surface area contributed by atoms with E-state index in [-0.39, 0.29) is 5.91 Å². The summed E-state index contributed by atoms with van der Waals surface area (Å²) in [5, 5.41) is 2.97. The molecule has 2 aromatic carbocycles. The van der Waals surface area contributed by atoms with Gasteiger partial charge >= 0.3 is 0 Å². The summed E-state index contributed by atoms with van der Waals surface area (Å²) in [4.78, 5) is 12.1. The van der Waals surface area contributed by atoms with E-state index in [0.29, 0.717) is 37.6 Å². The Hall–Kier alpha value is -2.53. The highest BCUT2D eigenvalue weighted by atomic mass is 16.5. The van der Waals surface area contributed by atoms with Crippen molar-refractivity contribution in [1.82, 2.24) is 5.32 Å². The Morgan fingerprint density at radius 3 is 2.54 bits per heavy atom. The largest absolute Gasteiger partial charge is 0.490 e. The lowest BCUT2D eigenvalue weighted by Gasteiger charge is -2.10. The van der Waals surface area contributed by atoms with E-state index < -0.39 is 0 Å². The summed E-state index contributed by atoms with van der Waals surface area (Å²) in [6.45, 7) is 5.76. The molecular weight excluding hydrogens is 326 g/mol. The summed E-state index contributed by atoms with van der Waals surface area (Å²) >= 11 is 0. The number of nitrogen functional groups attached to an aromatic ring is 1. The van der Waals surface area contributed by atoms with Crippen LogP contribution in [-0.2, 0) is 17.6 Å². The lowest BCUT2D eigenvalue weighted by molar-refractivity contribution is -0.120. The molecule has 2 aromatic rings. The fourth-order valence-electron chi connectivity index (χ4n) is 2.74. The number of carbonyl (C=O) groups excluding carboxylic acids is 1. The van der Waals surface area contributed by atoms with Gasteiger partial charge in [0.2, 0.25) is 5.91 Å². The van der Waals surface area contributed by atoms with Gasteiger partial charge in [-0.2, -0.15) is 0 Å². The van der Waals surface area contributed by atoms with E-state index in [1.54, 1.807) is 12.1 Å². The highest BCUT2D eigenvalue weighted by Crippen LogP contribution is 2.22. The maximum atomic E-state index is 12.1. The molecule has 0 aliphatic heterocycles. The number of amides is 1. The SMILES string of the molecule is Cc1ccc(CCCNC(=O)Cc2ccc(OCCN)c(N)c2)cc1C. The van der Waals surface area contributed by atoms with Gasteiger partial charge in [0.15, 0.2) is 0 Å². The Balaban J connectivity index is 1.74. The summed E-state index contributed by atoms with van der Waals surface area (Å²) in [5.74, 6) is 0.605. The number of benzene rings is 2. The van der Waals surface area contributed by atoms with Gasteiger partial charge in [0.1, 0.15) is 12.4 Å². The van der Waals surface area contributed by atoms with Crippen molar-refractivity contribution in [1.29, 1.82) is 0 Å². The third-order valence-corrected chi connectivity index (χ3v) is 4.35. The van der Waals surface area contributed by atoms with Crippen molar-refractivity contribution in [3.8, 4) is 5.75 Å². The number of ether oxygens (including phenoxy) is 1. The number of anilines is 1. The summed E-state index contributed by atoms with van der Waals surface area (Å²) in [7, 11) is 0. The van der Waals surface area contributed by atoms with Crippen molar-refractivity contribution in [2.24, 2.45) is 5.73 Å². The first-order valence-corrected chi connectivity index (χ1v) is 9.03. The van der Waals surface area contributed by atoms with Crippen molar-refractivity contribution in [3.63, 3.8) is 0 Å². The molecule has 0 aromatic heterocycles. The number of hydrogen-bond acceptors (Lipinski definition) is 4. The lowest BCUT2D eigenvalue weighted by atomic mass is 10.0. The van der Waals surface area contributed by atoms with Gasteiger partial charge in [-0.15, -0.1) is 0 Å². The molecule has 5 heteroatoms. The number of nitrogens with two attached hydrogens (primary N) is 2. The number of aryl methyl sites for hydroxylation is 3. The predicted octanol–water partition coefficient (Wildman–Crippen LogP) is 2.51. The van der Waals surface area contributed by atoms with Crippen LogP contribution in [0, 0.1) is 13.8 Å². The van der Waals surface area contributed by atoms with Crippen LogP contribution in [0.25, 0.3) is 0 Å². The van der Waals surface area contributed by atoms with Crippen molar-refractivity contribution >= 4 is 11.6 Å². The quantitative estimate of drug-likeness (QED) is 0.476. The minimum absolute atomic E-state index is 0.000105. The molecule has 0 radical (unpaired) electrons. The van der Waals surface area contributed by atoms with Crippen molar-refractivity contribution in [3.05, 3.63) is 58.7 Å². The molecule has 5 N–H and O–H groups in total. The Bertz CT molecular complexity index is 744. The fourth-order valence-corrected chi connectivity index (χ4v) is 2.74. The number of nitrogens with one attached hydrogen (secondary N) is 1. The molecule has 0 aliphatic rings. The molecule has 140 valence electrons. The molecule has 0 saturated heterocycles. The fraction of sp³-hybridized carbons (Fsp3) is 0.381. The Morgan fingerprint density at radius 1 is 1.08 bits per heavy atom. The second-order valence-corrected chi connectivity index (χ2v) is 6.56. The smallest absolute Gasteiger partial charge is 0.224 e. The third kappa shape index (κ3) is 6.08. The first kappa shape index (κ1) is 19.8. The molecule has 0 heterocycles. The highest BCUT2D eigenvalue weighted by Gasteiger charge is 2.07. The Kier molecular flexibility index (Phi) is 7.48. The van der Waals surface area contributed by atoms with Gasteiger partial charge in [0, 0.05) is 13.1 Å². The van der Waals surface area contributed by atoms with Crippen LogP contribution in [-0.4, -0.2) is 25.6 Å². The standard InChI is InChI=1S/C21H29N3O2/c1-15-5-6-17(12-16(15)2)4-3-10-24-21(25)14-18-7-8-20(19(23)13-18)26-11-9-22/h5-8,12-13H,3-4,9-11,14,22-23H2,1-2H3,(H,24,25). The van der Waals surface area contributed by atoms with Gasteiger partial charge in [-0.3, -0.25) is 4.79 Å². The van der Waals surface area contributed by atoms with Gasteiger partial charge in [-0.1, -0.05) is 24.3 Å². The minimum Gasteiger partial charge on any atom is -0.490 e. The molecule has 2 rings (SSSR count). The van der Waals surface area contributed by atoms with Crippen LogP contribution < -0.4 is 21.5 Å². The minimum atomic E-state index is 0.000105. The summed E-state index contributed by atoms with van der Waals surface area (Å²) in [6, 6.07) is 11.9. The van der Waals surface area contributed by atoms with Gasteiger partial charge in [-0.05, 0) is 61.1 Å². The van der Waals surface area contributed by atoms with Crippen LogP contribution >= 0.6 is 0 Å². The van der Waals surface area contributed by atoms with Gasteiger partial charge in [0.25, 0.3) is 0 Å². The van der Waals surface area contributed by atoms with E-state index in [1.165, 1.54) is 16.7 Å². The first-order valence-electron chi connectivity index (χ1n) is 9.03. The van der Waals surface area contributed by atoms with Crippen LogP contribution in [0.5, 0.6) is 5.75 Å². The Labute approximate surface area is 155 Å². The van der Waals surface area contributed by atoms with Crippen molar-refractivity contribution in [2.45, 2.75) is 33.1 Å². The van der Waals surface area contributed by atoms with Crippen LogP contribution in [0.15, 0.2) is 36.4 Å². The maximum absolute atomic E-state index is 12.1. The first-order chi connectivity index (χ1) is 12.5. The lowest BCUT2D eigenvalue weighted by Crippen LogP contribution is -2.26. The van der Waals surface area contributed by atoms with E-state index in [2.05, 4.69) is 37.4 Å². The normalized spacial score (nSPS) is 10.6. The third-order valence-electron chi connectivity index (χ3n) is 4.35. The van der Waals surface area contributed by atoms with Crippen molar-refractivity contribution in [2.75, 3.05) is 25.4 Å². The van der Waals surface area contributed by atoms with E-state index in [1.807, 2.05) is 6.07 Å². The average molecular weight is 355 g/mol. The molecule has 0 fully saturated rings. The zero-order valence-electron chi connectivity index (χ0n) is 15.7. The summed E-state index contributed by atoms with van der Waals surface area (Å²) < 4.78 is 5.43. The van der Waals surface area contributed by atoms with Crippen LogP contribution in [0.4, 0.5) is 5.69 Å². The molecule has 0 aliphatic carbocycles. The topological polar surface area (TPSA) is 90.4 Å². The van der Waals surface area contributed by atoms with Gasteiger partial charge < -0.3 is 21.5 Å². The molecule has 0 unspecified atom stereocenters. The molecule has 0 bridgehead atoms. The predicted molar refractivity (Wildman–Crippen MR) is 106 cm³/mol. The van der Waals surface area contributed by atoms with Crippen LogP contribution in [0.1, 0.15) is 28.7 Å². The van der Waals surface area contributed by atoms with Gasteiger partial charge in [0.05, 0.1) is 12.1 Å². The molecule has 0 spiro atoms. The van der Waals surface area contributed by atoms with E-state index in [9.17, 15) is 4.79 Å². The average Bonchev–Trinajstić information content (AvgIpc) is 2.61. The number of carbonyl (C=O) groups is 1. The number of hydrogen-bond donors (Lipinski definition) is 3. The molecular formula is C21H29N3O2. The zero-order valence-corrected chi connectivity index (χ0v) is 15.7. The Morgan fingerprint density at radius 2 is 1.85 bits per heavy atom. The zero-order chi connectivity index (χ0) is 18.9. The van der Waals surface area contributed by atoms with Crippen molar-refractivity contribution < 1.29 is 9.53 Å². The van der Waals surface area contributed by atoms with Crippen LogP contribution in [0.3, 0.4) is 0 Å². The molecule has 0 atom stereocenters. The second-order valence-electron chi connectivity index (χ2n) is 6.56. The second kappa shape index (κ2) is 9.82. The van der Waals surface area contributed by atoms with E-state index in [0.717, 1.165) is 18.4 Å². The van der Waals surface area contributed by atoms with E-state index in [4.69, 9.17) is 16.2 Å². The summed E-state index contributed by atoms with van der Waals surface area (Å²) in [5.41, 5.74) is 16.7. The molecule has 1 amide bonds. The van der Waals surface area contributed by atoms with Gasteiger partial charge in [-0.25, -0.2) is 0 Å². The highest BCUT2D eigenvalue weighted by molar-refractivity contribution is 5.79. The monoisotopic (exact) mass is 355 g/mol. The summed E-state index contributed by atoms with van der Waals surface area (Å²) in [6.07, 6.45) is 2.19.